The van der Waals surface area contributed by atoms with Crippen LogP contribution in [0, 0.1) is 5.92 Å². The number of aromatic nitrogens is 4. The van der Waals surface area contributed by atoms with E-state index < -0.39 is 40.3 Å². The zero-order chi connectivity index (χ0) is 25.4. The van der Waals surface area contributed by atoms with Gasteiger partial charge in [0.25, 0.3) is 0 Å². The van der Waals surface area contributed by atoms with Crippen LogP contribution in [0.3, 0.4) is 0 Å². The molecule has 2 heterocycles. The topological polar surface area (TPSA) is 183 Å². The summed E-state index contributed by atoms with van der Waals surface area (Å²) < 4.78 is 28.5. The van der Waals surface area contributed by atoms with Gasteiger partial charge in [0.15, 0.2) is 0 Å². The number of nitrogens with one attached hydrogen (secondary N) is 1. The Hall–Kier alpha value is -3.23. The molecule has 2 aliphatic rings. The molecule has 0 amide bonds. The van der Waals surface area contributed by atoms with E-state index in [1.54, 1.807) is 16.9 Å². The van der Waals surface area contributed by atoms with E-state index in [9.17, 15) is 23.4 Å². The number of carbonyl (C=O) groups excluding carboxylic acids is 1. The molecule has 0 saturated heterocycles. The SMILES string of the molecule is NS(=O)(=O)OC[C@H]1C[C@@H](Nc2ncncc2C(=O)c2ccn(C3CCc4ccccc43)n2)[C@H](O)[C@@H]1O. The highest BCUT2D eigenvalue weighted by atomic mass is 32.2. The van der Waals surface area contributed by atoms with Crippen molar-refractivity contribution < 1.29 is 27.6 Å². The van der Waals surface area contributed by atoms with E-state index in [1.165, 1.54) is 23.7 Å². The molecule has 2 aliphatic carbocycles. The van der Waals surface area contributed by atoms with Crippen molar-refractivity contribution in [3.05, 3.63) is 71.4 Å². The maximum absolute atomic E-state index is 13.3. The van der Waals surface area contributed by atoms with Crippen LogP contribution in [0.2, 0.25) is 0 Å². The first-order valence-corrected chi connectivity index (χ1v) is 13.0. The lowest BCUT2D eigenvalue weighted by Crippen LogP contribution is -2.36. The van der Waals surface area contributed by atoms with Crippen LogP contribution >= 0.6 is 0 Å². The van der Waals surface area contributed by atoms with Gasteiger partial charge in [-0.25, -0.2) is 15.1 Å². The van der Waals surface area contributed by atoms with Crippen LogP contribution in [0.1, 0.15) is 46.1 Å². The number of aliphatic hydroxyl groups is 2. The minimum atomic E-state index is -4.19. The molecule has 5 N–H and O–H groups in total. The van der Waals surface area contributed by atoms with Crippen LogP contribution in [0.4, 0.5) is 5.82 Å². The highest BCUT2D eigenvalue weighted by Gasteiger charge is 2.42. The third-order valence-corrected chi connectivity index (χ3v) is 7.25. The number of nitrogens with zero attached hydrogens (tertiary/aromatic N) is 4. The van der Waals surface area contributed by atoms with Crippen molar-refractivity contribution in [1.82, 2.24) is 19.7 Å². The van der Waals surface area contributed by atoms with Crippen LogP contribution in [0.5, 0.6) is 0 Å². The highest BCUT2D eigenvalue weighted by Crippen LogP contribution is 2.34. The molecule has 2 aromatic heterocycles. The monoisotopic (exact) mass is 514 g/mol. The molecule has 5 rings (SSSR count). The fourth-order valence-electron chi connectivity index (χ4n) is 4.98. The number of carbonyl (C=O) groups is 1. The van der Waals surface area contributed by atoms with Crippen LogP contribution < -0.4 is 10.5 Å². The fourth-order valence-corrected chi connectivity index (χ4v) is 5.35. The molecule has 0 bridgehead atoms. The standard InChI is InChI=1S/C23H26N6O6S/c24-36(33,34)35-11-14-9-18(22(32)20(14)30)27-23-16(10-25-12-26-23)21(31)17-7-8-29(28-17)19-6-5-13-3-1-2-4-15(13)19/h1-4,7-8,10,12,14,18-20,22,30,32H,5-6,9,11H2,(H2,24,33,34)(H,25,26,27)/t14-,18-,19?,20-,22+/m1/s1. The average molecular weight is 515 g/mol. The van der Waals surface area contributed by atoms with Gasteiger partial charge < -0.3 is 15.5 Å². The lowest BCUT2D eigenvalue weighted by molar-refractivity contribution is 0.00778. The van der Waals surface area contributed by atoms with Crippen LogP contribution in [-0.4, -0.2) is 69.0 Å². The van der Waals surface area contributed by atoms with Gasteiger partial charge in [-0.1, -0.05) is 24.3 Å². The Kier molecular flexibility index (Phi) is 6.57. The Labute approximate surface area is 207 Å². The normalized spacial score (nSPS) is 25.6. The second-order valence-corrected chi connectivity index (χ2v) is 10.3. The minimum absolute atomic E-state index is 0.0546. The second-order valence-electron chi connectivity index (χ2n) is 9.05. The molecule has 1 fully saturated rings. The summed E-state index contributed by atoms with van der Waals surface area (Å²) in [6, 6.07) is 9.16. The van der Waals surface area contributed by atoms with Gasteiger partial charge in [0.05, 0.1) is 30.4 Å². The first-order chi connectivity index (χ1) is 17.2. The maximum atomic E-state index is 13.3. The van der Waals surface area contributed by atoms with E-state index in [4.69, 9.17) is 5.14 Å². The second kappa shape index (κ2) is 9.67. The molecule has 3 aromatic rings. The Bertz CT molecular complexity index is 1380. The van der Waals surface area contributed by atoms with Crippen molar-refractivity contribution in [2.45, 2.75) is 43.6 Å². The van der Waals surface area contributed by atoms with Crippen molar-refractivity contribution in [2.75, 3.05) is 11.9 Å². The molecule has 12 nitrogen and oxygen atoms in total. The molecule has 36 heavy (non-hydrogen) atoms. The third-order valence-electron chi connectivity index (χ3n) is 6.79. The summed E-state index contributed by atoms with van der Waals surface area (Å²) in [6.07, 6.45) is 3.90. The van der Waals surface area contributed by atoms with Crippen molar-refractivity contribution >= 4 is 21.9 Å². The summed E-state index contributed by atoms with van der Waals surface area (Å²) in [6.45, 7) is -0.382. The Morgan fingerprint density at radius 2 is 2.03 bits per heavy atom. The Morgan fingerprint density at radius 3 is 2.83 bits per heavy atom. The summed E-state index contributed by atoms with van der Waals surface area (Å²) in [7, 11) is -4.19. The minimum Gasteiger partial charge on any atom is -0.390 e. The fraction of sp³-hybridized carbons (Fsp3) is 0.391. The summed E-state index contributed by atoms with van der Waals surface area (Å²) in [5, 5.41) is 33.2. The van der Waals surface area contributed by atoms with Crippen LogP contribution in [0.15, 0.2) is 49.1 Å². The molecule has 5 atom stereocenters. The Morgan fingerprint density at radius 1 is 1.22 bits per heavy atom. The Balaban J connectivity index is 1.32. The molecule has 190 valence electrons. The number of hydrogen-bond acceptors (Lipinski definition) is 10. The van der Waals surface area contributed by atoms with Crippen molar-refractivity contribution in [3.8, 4) is 0 Å². The van der Waals surface area contributed by atoms with Gasteiger partial charge in [0.1, 0.15) is 23.9 Å². The van der Waals surface area contributed by atoms with E-state index >= 15 is 0 Å². The van der Waals surface area contributed by atoms with Gasteiger partial charge in [0, 0.05) is 18.3 Å². The molecule has 0 aliphatic heterocycles. The van der Waals surface area contributed by atoms with Gasteiger partial charge in [-0.3, -0.25) is 13.7 Å². The number of anilines is 1. The summed E-state index contributed by atoms with van der Waals surface area (Å²) in [5.74, 6) is -0.924. The number of fused-ring (bicyclic) bond motifs is 1. The highest BCUT2D eigenvalue weighted by molar-refractivity contribution is 7.84. The van der Waals surface area contributed by atoms with E-state index in [0.29, 0.717) is 0 Å². The maximum Gasteiger partial charge on any atom is 0.333 e. The molecule has 13 heteroatoms. The van der Waals surface area contributed by atoms with E-state index in [1.807, 2.05) is 12.1 Å². The van der Waals surface area contributed by atoms with Crippen molar-refractivity contribution in [1.29, 1.82) is 0 Å². The number of aliphatic hydroxyl groups excluding tert-OH is 2. The largest absolute Gasteiger partial charge is 0.390 e. The van der Waals surface area contributed by atoms with Crippen molar-refractivity contribution in [2.24, 2.45) is 11.1 Å². The third kappa shape index (κ3) is 4.88. The predicted octanol–water partition coefficient (Wildman–Crippen LogP) is 0.182. The summed E-state index contributed by atoms with van der Waals surface area (Å²) in [5.41, 5.74) is 2.85. The molecule has 1 saturated carbocycles. The molecule has 1 aromatic carbocycles. The number of rotatable bonds is 8. The summed E-state index contributed by atoms with van der Waals surface area (Å²) in [4.78, 5) is 21.5. The zero-order valence-electron chi connectivity index (χ0n) is 19.1. The van der Waals surface area contributed by atoms with Gasteiger partial charge >= 0.3 is 10.3 Å². The van der Waals surface area contributed by atoms with Gasteiger partial charge in [-0.05, 0) is 36.5 Å². The molecular formula is C23H26N6O6S. The number of benzene rings is 1. The molecule has 0 spiro atoms. The lowest BCUT2D eigenvalue weighted by atomic mass is 10.1. The lowest BCUT2D eigenvalue weighted by Gasteiger charge is -2.19. The smallest absolute Gasteiger partial charge is 0.333 e. The van der Waals surface area contributed by atoms with E-state index in [-0.39, 0.29) is 36.1 Å². The number of aryl methyl sites for hydroxylation is 1. The quantitative estimate of drug-likeness (QED) is 0.303. The van der Waals surface area contributed by atoms with Crippen LogP contribution in [-0.2, 0) is 20.9 Å². The van der Waals surface area contributed by atoms with Gasteiger partial charge in [-0.2, -0.15) is 13.5 Å². The summed E-state index contributed by atoms with van der Waals surface area (Å²) >= 11 is 0. The average Bonchev–Trinajstić information content (AvgIpc) is 3.57. The van der Waals surface area contributed by atoms with E-state index in [0.717, 1.165) is 12.8 Å². The molecule has 0 radical (unpaired) electrons. The first-order valence-electron chi connectivity index (χ1n) is 11.5. The van der Waals surface area contributed by atoms with Crippen molar-refractivity contribution in [3.63, 3.8) is 0 Å². The number of hydrogen-bond donors (Lipinski definition) is 4. The van der Waals surface area contributed by atoms with E-state index in [2.05, 4.69) is 36.7 Å². The van der Waals surface area contributed by atoms with Gasteiger partial charge in [0.2, 0.25) is 5.78 Å². The van der Waals surface area contributed by atoms with Crippen LogP contribution in [0.25, 0.3) is 0 Å². The molecule has 1 unspecified atom stereocenters. The first kappa shape index (κ1) is 24.5. The molecular weight excluding hydrogens is 488 g/mol. The predicted molar refractivity (Wildman–Crippen MR) is 127 cm³/mol. The number of nitrogens with two attached hydrogens (primary N) is 1. The van der Waals surface area contributed by atoms with Gasteiger partial charge in [-0.15, -0.1) is 0 Å². The zero-order valence-corrected chi connectivity index (χ0v) is 20.0. The number of ketones is 1.